The summed E-state index contributed by atoms with van der Waals surface area (Å²) in [5.41, 5.74) is 0.953. The van der Waals surface area contributed by atoms with Gasteiger partial charge in [0.05, 0.1) is 11.1 Å². The molecule has 0 unspecified atom stereocenters. The van der Waals surface area contributed by atoms with Crippen LogP contribution in [0.4, 0.5) is 8.78 Å². The third kappa shape index (κ3) is 2.16. The predicted molar refractivity (Wildman–Crippen MR) is 71.5 cm³/mol. The Labute approximate surface area is 113 Å². The van der Waals surface area contributed by atoms with Gasteiger partial charge in [0.1, 0.15) is 11.6 Å². The Hall–Kier alpha value is -2.62. The molecule has 1 aromatic heterocycles. The summed E-state index contributed by atoms with van der Waals surface area (Å²) in [7, 11) is 0. The number of halogens is 2. The summed E-state index contributed by atoms with van der Waals surface area (Å²) in [5.74, 6) is -2.05. The molecule has 1 heterocycles. The molecular weight excluding hydrogens is 260 g/mol. The van der Waals surface area contributed by atoms with Gasteiger partial charge in [-0.25, -0.2) is 8.78 Å². The van der Waals surface area contributed by atoms with Gasteiger partial charge in [-0.2, -0.15) is 0 Å². The van der Waals surface area contributed by atoms with Gasteiger partial charge >= 0.3 is 0 Å². The summed E-state index contributed by atoms with van der Waals surface area (Å²) in [6.45, 7) is 0. The maximum absolute atomic E-state index is 13.6. The second-order valence-corrected chi connectivity index (χ2v) is 4.36. The molecule has 0 fully saturated rings. The Morgan fingerprint density at radius 2 is 1.85 bits per heavy atom. The molecule has 0 atom stereocenters. The fourth-order valence-corrected chi connectivity index (χ4v) is 2.05. The lowest BCUT2D eigenvalue weighted by Crippen LogP contribution is -2.04. The number of rotatable bonds is 2. The van der Waals surface area contributed by atoms with E-state index in [1.165, 1.54) is 0 Å². The lowest BCUT2D eigenvalue weighted by atomic mass is 10.0. The topological polar surface area (TPSA) is 30.0 Å². The van der Waals surface area contributed by atoms with Crippen LogP contribution >= 0.6 is 0 Å². The number of ketones is 1. The van der Waals surface area contributed by atoms with Gasteiger partial charge in [-0.3, -0.25) is 9.78 Å². The van der Waals surface area contributed by atoms with E-state index in [0.29, 0.717) is 11.6 Å². The minimum atomic E-state index is -0.860. The number of aromatic nitrogens is 1. The number of pyridine rings is 1. The van der Waals surface area contributed by atoms with Crippen molar-refractivity contribution in [3.8, 4) is 0 Å². The molecule has 98 valence electrons. The van der Waals surface area contributed by atoms with Gasteiger partial charge in [0.15, 0.2) is 5.78 Å². The molecule has 2 aromatic carbocycles. The number of carbonyl (C=O) groups excluding carboxylic acids is 1. The van der Waals surface area contributed by atoms with Crippen molar-refractivity contribution in [3.63, 3.8) is 0 Å². The molecule has 3 aromatic rings. The molecule has 0 aliphatic carbocycles. The first-order chi connectivity index (χ1) is 9.65. The number of carbonyl (C=O) groups is 1. The summed E-state index contributed by atoms with van der Waals surface area (Å²) < 4.78 is 26.5. The van der Waals surface area contributed by atoms with Gasteiger partial charge in [-0.15, -0.1) is 0 Å². The van der Waals surface area contributed by atoms with Crippen LogP contribution in [0.25, 0.3) is 10.9 Å². The van der Waals surface area contributed by atoms with Crippen LogP contribution in [0.5, 0.6) is 0 Å². The summed E-state index contributed by atoms with van der Waals surface area (Å²) in [6, 6.07) is 11.4. The first-order valence-corrected chi connectivity index (χ1v) is 6.00. The van der Waals surface area contributed by atoms with Crippen LogP contribution in [-0.2, 0) is 0 Å². The van der Waals surface area contributed by atoms with Crippen LogP contribution in [0.1, 0.15) is 15.9 Å². The van der Waals surface area contributed by atoms with Gasteiger partial charge < -0.3 is 0 Å². The van der Waals surface area contributed by atoms with E-state index in [1.54, 1.807) is 30.5 Å². The van der Waals surface area contributed by atoms with Crippen molar-refractivity contribution >= 4 is 16.7 Å². The van der Waals surface area contributed by atoms with Crippen LogP contribution < -0.4 is 0 Å². The SMILES string of the molecule is O=C(c1ccc2ncccc2c1)c1ccc(F)cc1F. The molecule has 2 nitrogen and oxygen atoms in total. The highest BCUT2D eigenvalue weighted by molar-refractivity contribution is 6.10. The van der Waals surface area contributed by atoms with Crippen molar-refractivity contribution in [2.75, 3.05) is 0 Å². The molecular formula is C16H9F2NO. The molecule has 0 spiro atoms. The van der Waals surface area contributed by atoms with Crippen molar-refractivity contribution in [1.29, 1.82) is 0 Å². The number of nitrogens with zero attached hydrogens (tertiary/aromatic N) is 1. The zero-order valence-electron chi connectivity index (χ0n) is 10.3. The maximum Gasteiger partial charge on any atom is 0.195 e. The van der Waals surface area contributed by atoms with Crippen LogP contribution in [0.2, 0.25) is 0 Å². The Morgan fingerprint density at radius 1 is 1.00 bits per heavy atom. The van der Waals surface area contributed by atoms with Crippen molar-refractivity contribution in [2.45, 2.75) is 0 Å². The monoisotopic (exact) mass is 269 g/mol. The summed E-state index contributed by atoms with van der Waals surface area (Å²) in [4.78, 5) is 16.4. The van der Waals surface area contributed by atoms with Crippen molar-refractivity contribution in [2.24, 2.45) is 0 Å². The zero-order valence-corrected chi connectivity index (χ0v) is 10.3. The number of benzene rings is 2. The summed E-state index contributed by atoms with van der Waals surface area (Å²) in [5, 5.41) is 0.792. The smallest absolute Gasteiger partial charge is 0.195 e. The number of hydrogen-bond donors (Lipinski definition) is 0. The normalized spacial score (nSPS) is 10.7. The Kier molecular flexibility index (Phi) is 2.99. The van der Waals surface area contributed by atoms with E-state index < -0.39 is 17.4 Å². The highest BCUT2D eigenvalue weighted by Gasteiger charge is 2.15. The molecule has 0 amide bonds. The molecule has 0 radical (unpaired) electrons. The number of fused-ring (bicyclic) bond motifs is 1. The highest BCUT2D eigenvalue weighted by Crippen LogP contribution is 2.18. The number of hydrogen-bond acceptors (Lipinski definition) is 2. The second kappa shape index (κ2) is 4.81. The molecule has 4 heteroatoms. The summed E-state index contributed by atoms with van der Waals surface area (Å²) >= 11 is 0. The molecule has 0 aliphatic rings. The van der Waals surface area contributed by atoms with Gasteiger partial charge in [0.25, 0.3) is 0 Å². The van der Waals surface area contributed by atoms with E-state index in [-0.39, 0.29) is 5.56 Å². The van der Waals surface area contributed by atoms with Crippen molar-refractivity contribution in [3.05, 3.63) is 77.5 Å². The lowest BCUT2D eigenvalue weighted by molar-refractivity contribution is 0.103. The molecule has 3 rings (SSSR count). The van der Waals surface area contributed by atoms with E-state index in [9.17, 15) is 13.6 Å². The van der Waals surface area contributed by atoms with E-state index in [2.05, 4.69) is 4.98 Å². The maximum atomic E-state index is 13.6. The van der Waals surface area contributed by atoms with Crippen LogP contribution in [-0.4, -0.2) is 10.8 Å². The fourth-order valence-electron chi connectivity index (χ4n) is 2.05. The summed E-state index contributed by atoms with van der Waals surface area (Å²) in [6.07, 6.45) is 1.66. The van der Waals surface area contributed by atoms with Crippen LogP contribution in [0, 0.1) is 11.6 Å². The molecule has 0 saturated heterocycles. The lowest BCUT2D eigenvalue weighted by Gasteiger charge is -2.04. The quantitative estimate of drug-likeness (QED) is 0.663. The average Bonchev–Trinajstić information content (AvgIpc) is 2.46. The zero-order chi connectivity index (χ0) is 14.1. The highest BCUT2D eigenvalue weighted by atomic mass is 19.1. The fraction of sp³-hybridized carbons (Fsp3) is 0. The van der Waals surface area contributed by atoms with E-state index in [4.69, 9.17) is 0 Å². The molecule has 0 N–H and O–H groups in total. The van der Waals surface area contributed by atoms with Gasteiger partial charge in [-0.1, -0.05) is 6.07 Å². The molecule has 20 heavy (non-hydrogen) atoms. The largest absolute Gasteiger partial charge is 0.288 e. The third-order valence-corrected chi connectivity index (χ3v) is 3.04. The van der Waals surface area contributed by atoms with Gasteiger partial charge in [0, 0.05) is 23.2 Å². The van der Waals surface area contributed by atoms with E-state index in [1.807, 2.05) is 6.07 Å². The van der Waals surface area contributed by atoms with Crippen LogP contribution in [0.15, 0.2) is 54.7 Å². The van der Waals surface area contributed by atoms with Crippen LogP contribution in [0.3, 0.4) is 0 Å². The standard InChI is InChI=1S/C16H9F2NO/c17-12-4-5-13(14(18)9-12)16(20)11-3-6-15-10(8-11)2-1-7-19-15/h1-9H. The van der Waals surface area contributed by atoms with Gasteiger partial charge in [0.2, 0.25) is 0 Å². The average molecular weight is 269 g/mol. The second-order valence-electron chi connectivity index (χ2n) is 4.36. The van der Waals surface area contributed by atoms with Gasteiger partial charge in [-0.05, 0) is 36.4 Å². The predicted octanol–water partition coefficient (Wildman–Crippen LogP) is 3.74. The Morgan fingerprint density at radius 3 is 2.65 bits per heavy atom. The third-order valence-electron chi connectivity index (χ3n) is 3.04. The first kappa shape index (κ1) is 12.4. The van der Waals surface area contributed by atoms with E-state index >= 15 is 0 Å². The first-order valence-electron chi connectivity index (χ1n) is 6.00. The molecule has 0 aliphatic heterocycles. The van der Waals surface area contributed by atoms with E-state index in [0.717, 1.165) is 23.0 Å². The Bertz CT molecular complexity index is 814. The Balaban J connectivity index is 2.08. The van der Waals surface area contributed by atoms with Crippen molar-refractivity contribution in [1.82, 2.24) is 4.98 Å². The molecule has 0 saturated carbocycles. The minimum absolute atomic E-state index is 0.144. The minimum Gasteiger partial charge on any atom is -0.288 e. The molecule has 0 bridgehead atoms. The van der Waals surface area contributed by atoms with Crippen molar-refractivity contribution < 1.29 is 13.6 Å².